The molecule has 1 unspecified atom stereocenters. The average Bonchev–Trinajstić information content (AvgIpc) is 2.41. The second-order valence-corrected chi connectivity index (χ2v) is 4.19. The third kappa shape index (κ3) is 3.05. The maximum atomic E-state index is 9.93. The molecule has 2 rings (SSSR count). The molecule has 0 aliphatic rings. The van der Waals surface area contributed by atoms with Gasteiger partial charge in [0.15, 0.2) is 0 Å². The molecule has 0 saturated carbocycles. The van der Waals surface area contributed by atoms with E-state index < -0.39 is 6.10 Å². The van der Waals surface area contributed by atoms with Gasteiger partial charge < -0.3 is 9.84 Å². The lowest BCUT2D eigenvalue weighted by molar-refractivity contribution is 0.105. The van der Waals surface area contributed by atoms with Crippen molar-refractivity contribution < 1.29 is 9.84 Å². The van der Waals surface area contributed by atoms with E-state index in [4.69, 9.17) is 4.74 Å². The first kappa shape index (κ1) is 12.5. The van der Waals surface area contributed by atoms with Gasteiger partial charge in [0.05, 0.1) is 5.69 Å². The van der Waals surface area contributed by atoms with Crippen LogP contribution in [0.25, 0.3) is 0 Å². The van der Waals surface area contributed by atoms with Crippen molar-refractivity contribution in [2.75, 3.05) is 6.61 Å². The lowest BCUT2D eigenvalue weighted by Gasteiger charge is -2.12. The third-order valence-corrected chi connectivity index (χ3v) is 2.78. The molecule has 0 bridgehead atoms. The molecule has 0 radical (unpaired) electrons. The molecule has 1 atom stereocenters. The Morgan fingerprint density at radius 1 is 1.17 bits per heavy atom. The molecular weight excluding hydrogens is 228 g/mol. The SMILES string of the molecule is Cc1cc(OCC(O)c2ccccc2)nnc1C. The number of aliphatic hydroxyl groups excluding tert-OH is 1. The maximum absolute atomic E-state index is 9.93. The van der Waals surface area contributed by atoms with Crippen molar-refractivity contribution in [1.29, 1.82) is 0 Å². The molecular formula is C14H16N2O2. The van der Waals surface area contributed by atoms with Crippen molar-refractivity contribution in [3.05, 3.63) is 53.2 Å². The van der Waals surface area contributed by atoms with Gasteiger partial charge in [-0.05, 0) is 25.0 Å². The highest BCUT2D eigenvalue weighted by molar-refractivity contribution is 5.22. The van der Waals surface area contributed by atoms with Gasteiger partial charge in [-0.3, -0.25) is 0 Å². The number of benzene rings is 1. The average molecular weight is 244 g/mol. The van der Waals surface area contributed by atoms with Crippen LogP contribution in [-0.2, 0) is 0 Å². The summed E-state index contributed by atoms with van der Waals surface area (Å²) < 4.78 is 5.43. The first-order valence-corrected chi connectivity index (χ1v) is 5.83. The molecule has 94 valence electrons. The smallest absolute Gasteiger partial charge is 0.233 e. The molecule has 0 fully saturated rings. The van der Waals surface area contributed by atoms with Crippen LogP contribution in [0.4, 0.5) is 0 Å². The van der Waals surface area contributed by atoms with E-state index in [1.165, 1.54) is 0 Å². The molecule has 0 saturated heterocycles. The molecule has 1 aromatic heterocycles. The van der Waals surface area contributed by atoms with E-state index in [1.54, 1.807) is 0 Å². The van der Waals surface area contributed by atoms with Crippen LogP contribution in [0, 0.1) is 13.8 Å². The lowest BCUT2D eigenvalue weighted by atomic mass is 10.1. The van der Waals surface area contributed by atoms with E-state index in [-0.39, 0.29) is 6.61 Å². The number of aryl methyl sites for hydroxylation is 2. The minimum Gasteiger partial charge on any atom is -0.473 e. The highest BCUT2D eigenvalue weighted by atomic mass is 16.5. The summed E-state index contributed by atoms with van der Waals surface area (Å²) in [4.78, 5) is 0. The molecule has 0 amide bonds. The zero-order chi connectivity index (χ0) is 13.0. The van der Waals surface area contributed by atoms with Crippen LogP contribution in [0.5, 0.6) is 5.88 Å². The van der Waals surface area contributed by atoms with Crippen molar-refractivity contribution in [2.24, 2.45) is 0 Å². The monoisotopic (exact) mass is 244 g/mol. The fourth-order valence-electron chi connectivity index (χ4n) is 1.53. The number of hydrogen-bond acceptors (Lipinski definition) is 4. The summed E-state index contributed by atoms with van der Waals surface area (Å²) in [6, 6.07) is 11.2. The minimum absolute atomic E-state index is 0.168. The van der Waals surface area contributed by atoms with Gasteiger partial charge in [0.25, 0.3) is 0 Å². The zero-order valence-electron chi connectivity index (χ0n) is 10.5. The van der Waals surface area contributed by atoms with Gasteiger partial charge in [-0.15, -0.1) is 5.10 Å². The number of aromatic nitrogens is 2. The normalized spacial score (nSPS) is 12.2. The fraction of sp³-hybridized carbons (Fsp3) is 0.286. The first-order chi connectivity index (χ1) is 8.66. The molecule has 0 spiro atoms. The molecule has 1 aromatic carbocycles. The van der Waals surface area contributed by atoms with E-state index in [0.717, 1.165) is 16.8 Å². The van der Waals surface area contributed by atoms with E-state index >= 15 is 0 Å². The van der Waals surface area contributed by atoms with E-state index in [0.29, 0.717) is 5.88 Å². The summed E-state index contributed by atoms with van der Waals surface area (Å²) in [6.45, 7) is 4.01. The number of nitrogens with zero attached hydrogens (tertiary/aromatic N) is 2. The molecule has 1 N–H and O–H groups in total. The Morgan fingerprint density at radius 2 is 1.89 bits per heavy atom. The summed E-state index contributed by atoms with van der Waals surface area (Å²) in [6.07, 6.45) is -0.658. The molecule has 18 heavy (non-hydrogen) atoms. The van der Waals surface area contributed by atoms with E-state index in [1.807, 2.05) is 50.2 Å². The summed E-state index contributed by atoms with van der Waals surface area (Å²) in [5.74, 6) is 0.438. The van der Waals surface area contributed by atoms with Crippen LogP contribution in [0.15, 0.2) is 36.4 Å². The quantitative estimate of drug-likeness (QED) is 0.895. The van der Waals surface area contributed by atoms with Crippen LogP contribution < -0.4 is 4.74 Å². The van der Waals surface area contributed by atoms with Crippen molar-refractivity contribution >= 4 is 0 Å². The highest BCUT2D eigenvalue weighted by Gasteiger charge is 2.08. The predicted molar refractivity (Wildman–Crippen MR) is 68.4 cm³/mol. The van der Waals surface area contributed by atoms with Crippen LogP contribution in [0.2, 0.25) is 0 Å². The Kier molecular flexibility index (Phi) is 3.89. The second kappa shape index (κ2) is 5.60. The first-order valence-electron chi connectivity index (χ1n) is 5.83. The standard InChI is InChI=1S/C14H16N2O2/c1-10-8-14(16-15-11(10)2)18-9-13(17)12-6-4-3-5-7-12/h3-8,13,17H,9H2,1-2H3. The summed E-state index contributed by atoms with van der Waals surface area (Å²) in [7, 11) is 0. The second-order valence-electron chi connectivity index (χ2n) is 4.19. The van der Waals surface area contributed by atoms with Gasteiger partial charge in [-0.25, -0.2) is 0 Å². The lowest BCUT2D eigenvalue weighted by Crippen LogP contribution is -2.11. The van der Waals surface area contributed by atoms with Crippen LogP contribution in [-0.4, -0.2) is 21.9 Å². The zero-order valence-corrected chi connectivity index (χ0v) is 10.5. The Balaban J connectivity index is 1.97. The molecule has 1 heterocycles. The van der Waals surface area contributed by atoms with Crippen molar-refractivity contribution in [2.45, 2.75) is 20.0 Å². The fourth-order valence-corrected chi connectivity index (χ4v) is 1.53. The summed E-state index contributed by atoms with van der Waals surface area (Å²) in [5.41, 5.74) is 2.73. The Morgan fingerprint density at radius 3 is 2.56 bits per heavy atom. The van der Waals surface area contributed by atoms with Crippen molar-refractivity contribution in [3.63, 3.8) is 0 Å². The summed E-state index contributed by atoms with van der Waals surface area (Å²) in [5, 5.41) is 17.8. The molecule has 2 aromatic rings. The maximum Gasteiger partial charge on any atom is 0.233 e. The Labute approximate surface area is 106 Å². The molecule has 0 aliphatic heterocycles. The predicted octanol–water partition coefficient (Wildman–Crippen LogP) is 2.21. The largest absolute Gasteiger partial charge is 0.473 e. The highest BCUT2D eigenvalue weighted by Crippen LogP contribution is 2.15. The van der Waals surface area contributed by atoms with Crippen LogP contribution in [0.1, 0.15) is 22.9 Å². The Bertz CT molecular complexity index is 514. The molecule has 4 heteroatoms. The van der Waals surface area contributed by atoms with Crippen molar-refractivity contribution in [3.8, 4) is 5.88 Å². The minimum atomic E-state index is -0.658. The van der Waals surface area contributed by atoms with Crippen molar-refractivity contribution in [1.82, 2.24) is 10.2 Å². The van der Waals surface area contributed by atoms with Crippen LogP contribution in [0.3, 0.4) is 0 Å². The van der Waals surface area contributed by atoms with Gasteiger partial charge in [-0.1, -0.05) is 30.3 Å². The molecule has 4 nitrogen and oxygen atoms in total. The van der Waals surface area contributed by atoms with E-state index in [9.17, 15) is 5.11 Å². The van der Waals surface area contributed by atoms with Crippen LogP contribution >= 0.6 is 0 Å². The van der Waals surface area contributed by atoms with E-state index in [2.05, 4.69) is 10.2 Å². The number of rotatable bonds is 4. The third-order valence-electron chi connectivity index (χ3n) is 2.78. The van der Waals surface area contributed by atoms with Gasteiger partial charge >= 0.3 is 0 Å². The van der Waals surface area contributed by atoms with Gasteiger partial charge in [-0.2, -0.15) is 5.10 Å². The summed E-state index contributed by atoms with van der Waals surface area (Å²) >= 11 is 0. The Hall–Kier alpha value is -1.94. The topological polar surface area (TPSA) is 55.2 Å². The van der Waals surface area contributed by atoms with Gasteiger partial charge in [0, 0.05) is 6.07 Å². The molecule has 0 aliphatic carbocycles. The number of hydrogen-bond donors (Lipinski definition) is 1. The number of aliphatic hydroxyl groups is 1. The van der Waals surface area contributed by atoms with Gasteiger partial charge in [0.1, 0.15) is 12.7 Å². The van der Waals surface area contributed by atoms with Gasteiger partial charge in [0.2, 0.25) is 5.88 Å². The number of ether oxygens (including phenoxy) is 1.